The Hall–Kier alpha value is -4.07. The second-order valence-electron chi connectivity index (χ2n) is 9.98. The molecule has 4 heterocycles. The number of aromatic nitrogens is 2. The van der Waals surface area contributed by atoms with Crippen molar-refractivity contribution in [3.8, 4) is 23.7 Å². The van der Waals surface area contributed by atoms with Gasteiger partial charge in [0.2, 0.25) is 0 Å². The third-order valence-corrected chi connectivity index (χ3v) is 8.10. The first-order chi connectivity index (χ1) is 18.1. The molecule has 9 nitrogen and oxygen atoms in total. The van der Waals surface area contributed by atoms with Crippen molar-refractivity contribution in [2.24, 2.45) is 0 Å². The molecule has 2 aliphatic heterocycles. The molecule has 38 heavy (non-hydrogen) atoms. The van der Waals surface area contributed by atoms with Crippen molar-refractivity contribution in [3.63, 3.8) is 0 Å². The molecular weight excluding hydrogens is 493 g/mol. The first-order valence-electron chi connectivity index (χ1n) is 12.4. The monoisotopic (exact) mass is 517 g/mol. The van der Waals surface area contributed by atoms with E-state index in [1.165, 1.54) is 10.6 Å². The fourth-order valence-corrected chi connectivity index (χ4v) is 6.03. The van der Waals surface area contributed by atoms with E-state index in [2.05, 4.69) is 5.32 Å². The highest BCUT2D eigenvalue weighted by molar-refractivity contribution is 5.94. The van der Waals surface area contributed by atoms with Crippen LogP contribution in [0.15, 0.2) is 16.9 Å². The number of carbonyl (C=O) groups is 2. The zero-order valence-corrected chi connectivity index (χ0v) is 20.7. The summed E-state index contributed by atoms with van der Waals surface area (Å²) in [5.74, 6) is 0.0367. The Kier molecular flexibility index (Phi) is 5.25. The van der Waals surface area contributed by atoms with Crippen LogP contribution in [0.1, 0.15) is 59.2 Å². The van der Waals surface area contributed by atoms with E-state index in [1.807, 2.05) is 5.92 Å². The van der Waals surface area contributed by atoms with Crippen LogP contribution in [0.3, 0.4) is 0 Å². The summed E-state index contributed by atoms with van der Waals surface area (Å²) in [4.78, 5) is 43.4. The number of amides is 1. The minimum atomic E-state index is -1.98. The second kappa shape index (κ2) is 8.21. The number of terminal acetylenes is 1. The Bertz CT molecular complexity index is 1700. The summed E-state index contributed by atoms with van der Waals surface area (Å²) in [5.41, 5.74) is 1.71. The normalized spacial score (nSPS) is 21.7. The van der Waals surface area contributed by atoms with E-state index in [-0.39, 0.29) is 30.7 Å². The lowest BCUT2D eigenvalue weighted by molar-refractivity contribution is -0.172. The van der Waals surface area contributed by atoms with Crippen molar-refractivity contribution in [1.29, 1.82) is 0 Å². The maximum Gasteiger partial charge on any atom is 0.343 e. The van der Waals surface area contributed by atoms with E-state index < -0.39 is 41.0 Å². The number of ether oxygens (including phenoxy) is 1. The summed E-state index contributed by atoms with van der Waals surface area (Å²) < 4.78 is 21.6. The Balaban J connectivity index is 1.63. The molecule has 3 aromatic rings. The van der Waals surface area contributed by atoms with Gasteiger partial charge in [0.05, 0.1) is 35.1 Å². The molecule has 0 fully saturated rings. The van der Waals surface area contributed by atoms with E-state index in [4.69, 9.17) is 16.1 Å². The van der Waals surface area contributed by atoms with E-state index in [1.54, 1.807) is 19.9 Å². The van der Waals surface area contributed by atoms with Crippen molar-refractivity contribution in [2.75, 3.05) is 0 Å². The average molecular weight is 518 g/mol. The molecule has 0 saturated heterocycles. The van der Waals surface area contributed by atoms with Crippen molar-refractivity contribution in [2.45, 2.75) is 64.0 Å². The fraction of sp³-hybridized carbons (Fsp3) is 0.357. The van der Waals surface area contributed by atoms with Crippen molar-refractivity contribution in [1.82, 2.24) is 14.9 Å². The maximum absolute atomic E-state index is 14.9. The summed E-state index contributed by atoms with van der Waals surface area (Å²) >= 11 is 0. The number of nitrogens with one attached hydrogen (secondary N) is 1. The number of nitrogens with zero attached hydrogens (tertiary/aromatic N) is 2. The highest BCUT2D eigenvalue weighted by Crippen LogP contribution is 2.45. The van der Waals surface area contributed by atoms with Crippen LogP contribution in [-0.4, -0.2) is 37.7 Å². The van der Waals surface area contributed by atoms with Gasteiger partial charge in [0.15, 0.2) is 11.7 Å². The molecule has 0 saturated carbocycles. The second-order valence-corrected chi connectivity index (χ2v) is 9.98. The van der Waals surface area contributed by atoms with Gasteiger partial charge in [0, 0.05) is 22.6 Å². The molecule has 3 atom stereocenters. The van der Waals surface area contributed by atoms with Crippen molar-refractivity contribution >= 4 is 22.8 Å². The van der Waals surface area contributed by atoms with Gasteiger partial charge in [-0.05, 0) is 48.9 Å². The molecule has 6 rings (SSSR count). The summed E-state index contributed by atoms with van der Waals surface area (Å²) in [6, 6.07) is 2.35. The highest BCUT2D eigenvalue weighted by atomic mass is 19.1. The number of rotatable bonds is 3. The molecule has 3 N–H and O–H groups in total. The molecule has 0 spiro atoms. The molecule has 194 valence electrons. The first-order valence-corrected chi connectivity index (χ1v) is 12.4. The first kappa shape index (κ1) is 24.3. The van der Waals surface area contributed by atoms with Crippen LogP contribution in [-0.2, 0) is 39.5 Å². The number of aryl methyl sites for hydroxylation is 1. The third kappa shape index (κ3) is 3.12. The van der Waals surface area contributed by atoms with Gasteiger partial charge in [-0.2, -0.15) is 0 Å². The van der Waals surface area contributed by atoms with Crippen LogP contribution < -0.4 is 10.9 Å². The van der Waals surface area contributed by atoms with Crippen molar-refractivity contribution in [3.05, 3.63) is 61.7 Å². The molecule has 2 aromatic heterocycles. The molecule has 1 aromatic carbocycles. The van der Waals surface area contributed by atoms with Crippen LogP contribution in [0.25, 0.3) is 22.3 Å². The minimum Gasteiger partial charge on any atom is -0.458 e. The average Bonchev–Trinajstić information content (AvgIpc) is 3.28. The van der Waals surface area contributed by atoms with E-state index in [0.717, 1.165) is 5.56 Å². The number of hydrogen-bond donors (Lipinski definition) is 3. The molecule has 1 aliphatic carbocycles. The summed E-state index contributed by atoms with van der Waals surface area (Å²) in [5, 5.41) is 24.5. The minimum absolute atomic E-state index is 0.00441. The third-order valence-electron chi connectivity index (χ3n) is 8.10. The number of hydrogen-bond acceptors (Lipinski definition) is 7. The SMILES string of the molecule is C#C[C@@H](O)C(=O)N[C@H]1CCc2c(C)c(F)cc3nc4c(c1c23)Cn1c-4cc2c(c1=O)COC(=O)[C@]2(O)CC. The summed E-state index contributed by atoms with van der Waals surface area (Å²) in [7, 11) is 0. The van der Waals surface area contributed by atoms with Crippen LogP contribution >= 0.6 is 0 Å². The largest absolute Gasteiger partial charge is 0.458 e. The number of fused-ring (bicyclic) bond motifs is 5. The lowest BCUT2D eigenvalue weighted by atomic mass is 9.81. The zero-order valence-electron chi connectivity index (χ0n) is 20.7. The molecular formula is C28H24FN3O6. The Morgan fingerprint density at radius 2 is 2.13 bits per heavy atom. The van der Waals surface area contributed by atoms with Gasteiger partial charge in [-0.3, -0.25) is 9.59 Å². The molecule has 0 radical (unpaired) electrons. The number of esters is 1. The highest BCUT2D eigenvalue weighted by Gasteiger charge is 2.46. The predicted octanol–water partition coefficient (Wildman–Crippen LogP) is 1.62. The number of aliphatic hydroxyl groups excluding tert-OH is 1. The Morgan fingerprint density at radius 3 is 2.84 bits per heavy atom. The molecule has 10 heteroatoms. The van der Waals surface area contributed by atoms with Gasteiger partial charge in [0.1, 0.15) is 12.4 Å². The standard InChI is InChI=1S/C28H24FN3O6/c1-4-21(33)25(34)31-18-7-6-13-12(3)17(29)9-19-22(13)23(18)14-10-32-20(24(14)30-19)8-16-15(26(32)35)11-38-27(36)28(16,37)5-2/h1,8-9,18,21,33,37H,5-7,10-11H2,2-3H3,(H,31,34)/t18-,21+,28-/m0/s1. The van der Waals surface area contributed by atoms with Gasteiger partial charge in [0.25, 0.3) is 11.5 Å². The fourth-order valence-electron chi connectivity index (χ4n) is 6.03. The van der Waals surface area contributed by atoms with E-state index in [9.17, 15) is 29.0 Å². The van der Waals surface area contributed by atoms with Gasteiger partial charge >= 0.3 is 5.97 Å². The van der Waals surface area contributed by atoms with Crippen LogP contribution in [0.5, 0.6) is 0 Å². The Labute approximate surface area is 216 Å². The van der Waals surface area contributed by atoms with Gasteiger partial charge in [-0.15, -0.1) is 6.42 Å². The maximum atomic E-state index is 14.9. The van der Waals surface area contributed by atoms with Crippen LogP contribution in [0.4, 0.5) is 4.39 Å². The molecule has 1 amide bonds. The number of halogens is 1. The van der Waals surface area contributed by atoms with Gasteiger partial charge in [-0.25, -0.2) is 14.2 Å². The molecule has 3 aliphatic rings. The van der Waals surface area contributed by atoms with Crippen LogP contribution in [0.2, 0.25) is 0 Å². The summed E-state index contributed by atoms with van der Waals surface area (Å²) in [6.45, 7) is 3.17. The molecule has 0 unspecified atom stereocenters. The Morgan fingerprint density at radius 1 is 1.37 bits per heavy atom. The summed E-state index contributed by atoms with van der Waals surface area (Å²) in [6.07, 6.45) is 4.49. The smallest absolute Gasteiger partial charge is 0.343 e. The number of aliphatic hydroxyl groups is 2. The lowest BCUT2D eigenvalue weighted by Gasteiger charge is -2.31. The zero-order chi connectivity index (χ0) is 27.1. The number of cyclic esters (lactones) is 1. The topological polar surface area (TPSA) is 131 Å². The lowest BCUT2D eigenvalue weighted by Crippen LogP contribution is -2.44. The van der Waals surface area contributed by atoms with E-state index in [0.29, 0.717) is 51.8 Å². The predicted molar refractivity (Wildman–Crippen MR) is 133 cm³/mol. The quantitative estimate of drug-likeness (QED) is 0.278. The van der Waals surface area contributed by atoms with Crippen LogP contribution in [0, 0.1) is 25.1 Å². The number of carbonyl (C=O) groups excluding carboxylic acids is 2. The van der Waals surface area contributed by atoms with Gasteiger partial charge < -0.3 is 24.8 Å². The van der Waals surface area contributed by atoms with Gasteiger partial charge in [-0.1, -0.05) is 12.8 Å². The van der Waals surface area contributed by atoms with Crippen molar-refractivity contribution < 1.29 is 28.9 Å². The molecule has 0 bridgehead atoms. The number of benzene rings is 1. The number of pyridine rings is 2. The van der Waals surface area contributed by atoms with E-state index >= 15 is 0 Å².